The third kappa shape index (κ3) is 2.31. The van der Waals surface area contributed by atoms with Gasteiger partial charge in [0, 0.05) is 24.0 Å². The van der Waals surface area contributed by atoms with Crippen LogP contribution in [0, 0.1) is 0 Å². The van der Waals surface area contributed by atoms with Gasteiger partial charge < -0.3 is 5.11 Å². The van der Waals surface area contributed by atoms with Crippen LogP contribution in [0.2, 0.25) is 0 Å². The van der Waals surface area contributed by atoms with Crippen molar-refractivity contribution in [2.45, 2.75) is 18.8 Å². The zero-order valence-electron chi connectivity index (χ0n) is 8.28. The second kappa shape index (κ2) is 4.85. The molecule has 1 aromatic carbocycles. The molecule has 1 nitrogen and oxygen atoms in total. The van der Waals surface area contributed by atoms with E-state index in [0.717, 1.165) is 18.8 Å². The predicted molar refractivity (Wildman–Crippen MR) is 61.9 cm³/mol. The average molecular weight is 208 g/mol. The van der Waals surface area contributed by atoms with Gasteiger partial charge in [-0.2, -0.15) is 11.8 Å². The topological polar surface area (TPSA) is 20.2 Å². The molecule has 1 fully saturated rings. The van der Waals surface area contributed by atoms with E-state index >= 15 is 0 Å². The monoisotopic (exact) mass is 208 g/mol. The van der Waals surface area contributed by atoms with Crippen molar-refractivity contribution in [3.63, 3.8) is 0 Å². The van der Waals surface area contributed by atoms with Crippen molar-refractivity contribution in [1.82, 2.24) is 0 Å². The lowest BCUT2D eigenvalue weighted by atomic mass is 9.99. The van der Waals surface area contributed by atoms with Crippen LogP contribution in [0.3, 0.4) is 0 Å². The van der Waals surface area contributed by atoms with Gasteiger partial charge in [0.1, 0.15) is 0 Å². The first-order chi connectivity index (χ1) is 6.90. The van der Waals surface area contributed by atoms with Gasteiger partial charge in [-0.15, -0.1) is 0 Å². The van der Waals surface area contributed by atoms with Crippen molar-refractivity contribution in [3.8, 4) is 0 Å². The first-order valence-corrected chi connectivity index (χ1v) is 6.33. The highest BCUT2D eigenvalue weighted by Gasteiger charge is 2.19. The SMILES string of the molecule is OCCCc1ccc(C2CSC2)cc1. The highest BCUT2D eigenvalue weighted by molar-refractivity contribution is 8.00. The summed E-state index contributed by atoms with van der Waals surface area (Å²) in [6.07, 6.45) is 1.87. The van der Waals surface area contributed by atoms with Crippen LogP contribution >= 0.6 is 11.8 Å². The third-order valence-corrected chi connectivity index (χ3v) is 3.99. The molecule has 1 saturated heterocycles. The van der Waals surface area contributed by atoms with Gasteiger partial charge in [0.05, 0.1) is 0 Å². The molecule has 1 aliphatic heterocycles. The van der Waals surface area contributed by atoms with Gasteiger partial charge in [0.2, 0.25) is 0 Å². The van der Waals surface area contributed by atoms with E-state index in [1.807, 2.05) is 11.8 Å². The highest BCUT2D eigenvalue weighted by atomic mass is 32.2. The lowest BCUT2D eigenvalue weighted by molar-refractivity contribution is 0.288. The summed E-state index contributed by atoms with van der Waals surface area (Å²) in [5, 5.41) is 8.71. The summed E-state index contributed by atoms with van der Waals surface area (Å²) in [4.78, 5) is 0. The maximum Gasteiger partial charge on any atom is 0.0434 e. The molecule has 0 atom stereocenters. The maximum absolute atomic E-state index is 8.71. The van der Waals surface area contributed by atoms with Gasteiger partial charge >= 0.3 is 0 Å². The molecular weight excluding hydrogens is 192 g/mol. The Labute approximate surface area is 89.5 Å². The molecule has 0 saturated carbocycles. The molecule has 1 aliphatic rings. The van der Waals surface area contributed by atoms with Crippen LogP contribution in [0.25, 0.3) is 0 Å². The van der Waals surface area contributed by atoms with Crippen LogP contribution in [0.5, 0.6) is 0 Å². The van der Waals surface area contributed by atoms with Gasteiger partial charge in [-0.05, 0) is 24.0 Å². The Balaban J connectivity index is 1.95. The summed E-state index contributed by atoms with van der Waals surface area (Å²) < 4.78 is 0. The lowest BCUT2D eigenvalue weighted by Gasteiger charge is -2.25. The maximum atomic E-state index is 8.71. The second-order valence-electron chi connectivity index (χ2n) is 3.80. The molecule has 0 aromatic heterocycles. The van der Waals surface area contributed by atoms with Crippen LogP contribution in [0.1, 0.15) is 23.5 Å². The van der Waals surface area contributed by atoms with Crippen molar-refractivity contribution in [1.29, 1.82) is 0 Å². The fraction of sp³-hybridized carbons (Fsp3) is 0.500. The smallest absolute Gasteiger partial charge is 0.0434 e. The molecular formula is C12H16OS. The Kier molecular flexibility index (Phi) is 3.49. The Hall–Kier alpha value is -0.470. The molecule has 14 heavy (non-hydrogen) atoms. The van der Waals surface area contributed by atoms with Crippen LogP contribution in [-0.4, -0.2) is 23.2 Å². The summed E-state index contributed by atoms with van der Waals surface area (Å²) >= 11 is 2.03. The normalized spacial score (nSPS) is 16.6. The number of rotatable bonds is 4. The third-order valence-electron chi connectivity index (χ3n) is 2.71. The molecule has 0 bridgehead atoms. The van der Waals surface area contributed by atoms with Crippen molar-refractivity contribution in [3.05, 3.63) is 35.4 Å². The van der Waals surface area contributed by atoms with Gasteiger partial charge in [-0.1, -0.05) is 24.3 Å². The van der Waals surface area contributed by atoms with Crippen molar-refractivity contribution >= 4 is 11.8 Å². The molecule has 0 unspecified atom stereocenters. The average Bonchev–Trinajstić information content (AvgIpc) is 2.14. The minimum absolute atomic E-state index is 0.293. The van der Waals surface area contributed by atoms with E-state index in [4.69, 9.17) is 5.11 Å². The summed E-state index contributed by atoms with van der Waals surface area (Å²) in [7, 11) is 0. The molecule has 0 amide bonds. The predicted octanol–water partition coefficient (Wildman–Crippen LogP) is 2.44. The van der Waals surface area contributed by atoms with Crippen molar-refractivity contribution < 1.29 is 5.11 Å². The van der Waals surface area contributed by atoms with E-state index in [0.29, 0.717) is 6.61 Å². The standard InChI is InChI=1S/C12H16OS/c13-7-1-2-10-3-5-11(6-4-10)12-8-14-9-12/h3-6,12-13H,1-2,7-9H2. The van der Waals surface area contributed by atoms with E-state index in [2.05, 4.69) is 24.3 Å². The number of thioether (sulfide) groups is 1. The lowest BCUT2D eigenvalue weighted by Crippen LogP contribution is -2.15. The van der Waals surface area contributed by atoms with Gasteiger partial charge in [0.25, 0.3) is 0 Å². The van der Waals surface area contributed by atoms with Gasteiger partial charge in [-0.3, -0.25) is 0 Å². The first-order valence-electron chi connectivity index (χ1n) is 5.17. The number of aliphatic hydroxyl groups is 1. The van der Waals surface area contributed by atoms with Gasteiger partial charge in [0.15, 0.2) is 0 Å². The number of hydrogen-bond donors (Lipinski definition) is 1. The van der Waals surface area contributed by atoms with E-state index in [1.54, 1.807) is 0 Å². The summed E-state index contributed by atoms with van der Waals surface area (Å²) in [5.74, 6) is 3.37. The van der Waals surface area contributed by atoms with Crippen LogP contribution < -0.4 is 0 Å². The van der Waals surface area contributed by atoms with Crippen molar-refractivity contribution in [2.24, 2.45) is 0 Å². The summed E-state index contributed by atoms with van der Waals surface area (Å²) in [6, 6.07) is 8.90. The van der Waals surface area contributed by atoms with E-state index in [-0.39, 0.29) is 0 Å². The fourth-order valence-electron chi connectivity index (χ4n) is 1.67. The number of aryl methyl sites for hydroxylation is 1. The summed E-state index contributed by atoms with van der Waals surface area (Å²) in [6.45, 7) is 0.293. The Bertz CT molecular complexity index is 277. The Morgan fingerprint density at radius 2 is 1.93 bits per heavy atom. The first kappa shape index (κ1) is 10.1. The molecule has 1 heterocycles. The van der Waals surface area contributed by atoms with Gasteiger partial charge in [-0.25, -0.2) is 0 Å². The highest BCUT2D eigenvalue weighted by Crippen LogP contribution is 2.33. The zero-order chi connectivity index (χ0) is 9.80. The quantitative estimate of drug-likeness (QED) is 0.820. The number of benzene rings is 1. The molecule has 0 spiro atoms. The van der Waals surface area contributed by atoms with E-state index in [1.165, 1.54) is 22.6 Å². The fourth-order valence-corrected chi connectivity index (χ4v) is 2.52. The van der Waals surface area contributed by atoms with Crippen LogP contribution in [0.4, 0.5) is 0 Å². The second-order valence-corrected chi connectivity index (χ2v) is 4.88. The molecule has 0 radical (unpaired) electrons. The molecule has 0 aliphatic carbocycles. The van der Waals surface area contributed by atoms with Crippen LogP contribution in [-0.2, 0) is 6.42 Å². The summed E-state index contributed by atoms with van der Waals surface area (Å²) in [5.41, 5.74) is 2.83. The minimum Gasteiger partial charge on any atom is -0.396 e. The van der Waals surface area contributed by atoms with Crippen LogP contribution in [0.15, 0.2) is 24.3 Å². The van der Waals surface area contributed by atoms with E-state index < -0.39 is 0 Å². The Morgan fingerprint density at radius 3 is 2.43 bits per heavy atom. The number of hydrogen-bond acceptors (Lipinski definition) is 2. The zero-order valence-corrected chi connectivity index (χ0v) is 9.09. The molecule has 2 rings (SSSR count). The molecule has 1 aromatic rings. The Morgan fingerprint density at radius 1 is 1.21 bits per heavy atom. The minimum atomic E-state index is 0.293. The van der Waals surface area contributed by atoms with Crippen molar-refractivity contribution in [2.75, 3.05) is 18.1 Å². The van der Waals surface area contributed by atoms with E-state index in [9.17, 15) is 0 Å². The number of aliphatic hydroxyl groups excluding tert-OH is 1. The molecule has 76 valence electrons. The molecule has 1 N–H and O–H groups in total. The largest absolute Gasteiger partial charge is 0.396 e. The molecule has 2 heteroatoms.